The largest absolute Gasteiger partial charge is 0.356 e. The van der Waals surface area contributed by atoms with Gasteiger partial charge in [0.15, 0.2) is 5.96 Å². The first kappa shape index (κ1) is 20.1. The second-order valence-electron chi connectivity index (χ2n) is 5.31. The highest BCUT2D eigenvalue weighted by Gasteiger charge is 2.21. The van der Waals surface area contributed by atoms with Gasteiger partial charge in [0.2, 0.25) is 0 Å². The van der Waals surface area contributed by atoms with Crippen LogP contribution in [-0.4, -0.2) is 55.6 Å². The van der Waals surface area contributed by atoms with Crippen LogP contribution in [0, 0.1) is 0 Å². The van der Waals surface area contributed by atoms with E-state index in [1.165, 1.54) is 12.0 Å². The standard InChI is InChI=1S/C15H26N4S2.HI/c1-12(10-18-15(16-2)17-6-9-20-3)19-7-4-14-13(11-19)5-8-21-14;/h5,8,12H,4,6-7,9-11H2,1-3H3,(H2,16,17,18);1H. The molecule has 0 fully saturated rings. The molecule has 2 N–H and O–H groups in total. The Bertz CT molecular complexity index is 464. The van der Waals surface area contributed by atoms with Crippen LogP contribution >= 0.6 is 47.1 Å². The van der Waals surface area contributed by atoms with Crippen LogP contribution in [-0.2, 0) is 13.0 Å². The number of thioether (sulfide) groups is 1. The van der Waals surface area contributed by atoms with Crippen LogP contribution in [0.5, 0.6) is 0 Å². The number of thiophene rings is 1. The summed E-state index contributed by atoms with van der Waals surface area (Å²) in [5.41, 5.74) is 1.51. The first-order chi connectivity index (χ1) is 10.2. The number of halogens is 1. The van der Waals surface area contributed by atoms with E-state index in [4.69, 9.17) is 0 Å². The maximum Gasteiger partial charge on any atom is 0.191 e. The molecule has 1 aromatic rings. The summed E-state index contributed by atoms with van der Waals surface area (Å²) in [6.45, 7) is 6.42. The first-order valence-corrected chi connectivity index (χ1v) is 9.74. The van der Waals surface area contributed by atoms with Gasteiger partial charge in [-0.3, -0.25) is 9.89 Å². The number of hydrogen-bond acceptors (Lipinski definition) is 4. The molecule has 0 bridgehead atoms. The van der Waals surface area contributed by atoms with Crippen LogP contribution in [0.15, 0.2) is 16.4 Å². The highest BCUT2D eigenvalue weighted by molar-refractivity contribution is 14.0. The third kappa shape index (κ3) is 5.90. The summed E-state index contributed by atoms with van der Waals surface area (Å²) >= 11 is 3.74. The molecule has 4 nitrogen and oxygen atoms in total. The van der Waals surface area contributed by atoms with Crippen molar-refractivity contribution in [3.63, 3.8) is 0 Å². The van der Waals surface area contributed by atoms with Crippen LogP contribution < -0.4 is 10.6 Å². The van der Waals surface area contributed by atoms with Gasteiger partial charge in [-0.15, -0.1) is 35.3 Å². The monoisotopic (exact) mass is 454 g/mol. The molecular formula is C15H27IN4S2. The van der Waals surface area contributed by atoms with Crippen LogP contribution in [0.3, 0.4) is 0 Å². The van der Waals surface area contributed by atoms with Crippen molar-refractivity contribution in [1.82, 2.24) is 15.5 Å². The van der Waals surface area contributed by atoms with Crippen molar-refractivity contribution in [2.24, 2.45) is 4.99 Å². The van der Waals surface area contributed by atoms with E-state index >= 15 is 0 Å². The normalized spacial score (nSPS) is 16.6. The average molecular weight is 454 g/mol. The minimum Gasteiger partial charge on any atom is -0.356 e. The minimum atomic E-state index is 0. The first-order valence-electron chi connectivity index (χ1n) is 7.47. The van der Waals surface area contributed by atoms with Gasteiger partial charge < -0.3 is 10.6 Å². The Kier molecular flexibility index (Phi) is 9.77. The molecule has 0 saturated carbocycles. The van der Waals surface area contributed by atoms with Gasteiger partial charge in [0.25, 0.3) is 0 Å². The fourth-order valence-electron chi connectivity index (χ4n) is 2.51. The van der Waals surface area contributed by atoms with E-state index in [1.807, 2.05) is 30.1 Å². The number of aliphatic imine (C=N–C) groups is 1. The van der Waals surface area contributed by atoms with E-state index in [9.17, 15) is 0 Å². The van der Waals surface area contributed by atoms with Crippen molar-refractivity contribution in [2.45, 2.75) is 25.9 Å². The molecule has 1 aromatic heterocycles. The third-order valence-corrected chi connectivity index (χ3v) is 5.48. The highest BCUT2D eigenvalue weighted by atomic mass is 127. The van der Waals surface area contributed by atoms with Crippen molar-refractivity contribution < 1.29 is 0 Å². The molecule has 0 saturated heterocycles. The summed E-state index contributed by atoms with van der Waals surface area (Å²) < 4.78 is 0. The zero-order valence-electron chi connectivity index (χ0n) is 13.6. The minimum absolute atomic E-state index is 0. The van der Waals surface area contributed by atoms with E-state index in [0.29, 0.717) is 6.04 Å². The Morgan fingerprint density at radius 1 is 1.50 bits per heavy atom. The molecule has 126 valence electrons. The maximum atomic E-state index is 4.27. The average Bonchev–Trinajstić information content (AvgIpc) is 2.97. The maximum absolute atomic E-state index is 4.27. The lowest BCUT2D eigenvalue weighted by Gasteiger charge is -2.32. The third-order valence-electron chi connectivity index (χ3n) is 3.85. The van der Waals surface area contributed by atoms with Gasteiger partial charge in [-0.25, -0.2) is 0 Å². The molecule has 0 amide bonds. The number of nitrogens with one attached hydrogen (secondary N) is 2. The number of guanidine groups is 1. The lowest BCUT2D eigenvalue weighted by Crippen LogP contribution is -2.47. The second kappa shape index (κ2) is 10.7. The zero-order chi connectivity index (χ0) is 15.1. The second-order valence-corrected chi connectivity index (χ2v) is 7.30. The van der Waals surface area contributed by atoms with Crippen molar-refractivity contribution in [1.29, 1.82) is 0 Å². The van der Waals surface area contributed by atoms with Crippen LogP contribution in [0.25, 0.3) is 0 Å². The van der Waals surface area contributed by atoms with E-state index in [2.05, 4.69) is 45.2 Å². The zero-order valence-corrected chi connectivity index (χ0v) is 17.6. The molecular weight excluding hydrogens is 427 g/mol. The molecule has 1 unspecified atom stereocenters. The van der Waals surface area contributed by atoms with Gasteiger partial charge in [0, 0.05) is 49.9 Å². The Hall–Kier alpha value is 0.01000. The van der Waals surface area contributed by atoms with Crippen molar-refractivity contribution in [2.75, 3.05) is 38.7 Å². The van der Waals surface area contributed by atoms with Crippen LogP contribution in [0.4, 0.5) is 0 Å². The molecule has 7 heteroatoms. The molecule has 2 heterocycles. The van der Waals surface area contributed by atoms with Gasteiger partial charge in [-0.2, -0.15) is 11.8 Å². The van der Waals surface area contributed by atoms with Gasteiger partial charge in [0.05, 0.1) is 0 Å². The summed E-state index contributed by atoms with van der Waals surface area (Å²) in [6, 6.07) is 2.78. The van der Waals surface area contributed by atoms with Gasteiger partial charge in [-0.05, 0) is 36.6 Å². The summed E-state index contributed by atoms with van der Waals surface area (Å²) in [5, 5.41) is 8.99. The highest BCUT2D eigenvalue weighted by Crippen LogP contribution is 2.24. The van der Waals surface area contributed by atoms with E-state index in [1.54, 1.807) is 4.88 Å². The summed E-state index contributed by atoms with van der Waals surface area (Å²) in [7, 11) is 1.83. The quantitative estimate of drug-likeness (QED) is 0.300. The molecule has 1 aliphatic rings. The lowest BCUT2D eigenvalue weighted by molar-refractivity contribution is 0.192. The number of rotatable bonds is 6. The summed E-state index contributed by atoms with van der Waals surface area (Å²) in [5.74, 6) is 2.01. The van der Waals surface area contributed by atoms with Crippen LogP contribution in [0.2, 0.25) is 0 Å². The van der Waals surface area contributed by atoms with Crippen molar-refractivity contribution in [3.05, 3.63) is 21.9 Å². The lowest BCUT2D eigenvalue weighted by atomic mass is 10.1. The Morgan fingerprint density at radius 3 is 3.05 bits per heavy atom. The molecule has 2 rings (SSSR count). The number of nitrogens with zero attached hydrogens (tertiary/aromatic N) is 2. The molecule has 0 aliphatic carbocycles. The topological polar surface area (TPSA) is 39.7 Å². The Balaban J connectivity index is 0.00000242. The molecule has 22 heavy (non-hydrogen) atoms. The SMILES string of the molecule is CN=C(NCCSC)NCC(C)N1CCc2sccc2C1.I. The predicted molar refractivity (Wildman–Crippen MR) is 111 cm³/mol. The smallest absolute Gasteiger partial charge is 0.191 e. The van der Waals surface area contributed by atoms with Crippen molar-refractivity contribution >= 4 is 53.0 Å². The fourth-order valence-corrected chi connectivity index (χ4v) is 3.71. The van der Waals surface area contributed by atoms with E-state index in [0.717, 1.165) is 37.9 Å². The number of hydrogen-bond donors (Lipinski definition) is 2. The van der Waals surface area contributed by atoms with Crippen molar-refractivity contribution in [3.8, 4) is 0 Å². The Morgan fingerprint density at radius 2 is 2.32 bits per heavy atom. The van der Waals surface area contributed by atoms with Gasteiger partial charge >= 0.3 is 0 Å². The summed E-state index contributed by atoms with van der Waals surface area (Å²) in [4.78, 5) is 8.40. The molecule has 0 radical (unpaired) electrons. The molecule has 0 spiro atoms. The number of fused-ring (bicyclic) bond motifs is 1. The van der Waals surface area contributed by atoms with Gasteiger partial charge in [0.1, 0.15) is 0 Å². The predicted octanol–water partition coefficient (Wildman–Crippen LogP) is 2.64. The Labute approximate surface area is 159 Å². The molecule has 1 atom stereocenters. The fraction of sp³-hybridized carbons (Fsp3) is 0.667. The summed E-state index contributed by atoms with van der Waals surface area (Å²) in [6.07, 6.45) is 3.31. The van der Waals surface area contributed by atoms with E-state index < -0.39 is 0 Å². The van der Waals surface area contributed by atoms with E-state index in [-0.39, 0.29) is 24.0 Å². The van der Waals surface area contributed by atoms with Crippen LogP contribution in [0.1, 0.15) is 17.4 Å². The molecule has 1 aliphatic heterocycles. The van der Waals surface area contributed by atoms with Gasteiger partial charge in [-0.1, -0.05) is 0 Å². The molecule has 0 aromatic carbocycles.